The van der Waals surface area contributed by atoms with E-state index in [-0.39, 0.29) is 37.5 Å². The molecule has 226 valence electrons. The molecule has 1 aliphatic rings. The predicted octanol–water partition coefficient (Wildman–Crippen LogP) is 3.79. The first-order valence-electron chi connectivity index (χ1n) is 14.1. The number of carbonyl (C=O) groups is 3. The third-order valence-electron chi connectivity index (χ3n) is 6.51. The number of hydrogen-bond donors (Lipinski definition) is 3. The molecule has 0 atom stereocenters. The van der Waals surface area contributed by atoms with Crippen LogP contribution in [0.25, 0.3) is 0 Å². The topological polar surface area (TPSA) is 139 Å². The number of anilines is 2. The summed E-state index contributed by atoms with van der Waals surface area (Å²) in [5, 5.41) is 14.9. The highest BCUT2D eigenvalue weighted by atomic mass is 16.5. The first-order chi connectivity index (χ1) is 20.3. The van der Waals surface area contributed by atoms with Crippen LogP contribution in [0, 0.1) is 6.92 Å². The summed E-state index contributed by atoms with van der Waals surface area (Å²) >= 11 is 0. The molecular weight excluding hydrogens is 540 g/mol. The third kappa shape index (κ3) is 8.48. The van der Waals surface area contributed by atoms with E-state index in [0.29, 0.717) is 48.8 Å². The number of aliphatic hydroxyl groups excluding tert-OH is 1. The molecule has 0 aliphatic heterocycles. The number of fused-ring (bicyclic) bond motifs is 1. The Morgan fingerprint density at radius 1 is 1.07 bits per heavy atom. The van der Waals surface area contributed by atoms with Crippen LogP contribution in [0.3, 0.4) is 0 Å². The van der Waals surface area contributed by atoms with Gasteiger partial charge in [0.1, 0.15) is 0 Å². The largest absolute Gasteiger partial charge is 0.449 e. The second-order valence-electron chi connectivity index (χ2n) is 9.51. The number of benzene rings is 2. The highest BCUT2D eigenvalue weighted by molar-refractivity contribution is 6.37. The number of aliphatic imine (C=N–C) groups is 1. The molecule has 0 saturated carbocycles. The summed E-state index contributed by atoms with van der Waals surface area (Å²) in [5.74, 6) is -1.04. The van der Waals surface area contributed by atoms with Crippen molar-refractivity contribution in [1.29, 1.82) is 0 Å². The van der Waals surface area contributed by atoms with Crippen molar-refractivity contribution in [2.75, 3.05) is 70.0 Å². The van der Waals surface area contributed by atoms with Gasteiger partial charge in [-0.15, -0.1) is 0 Å². The lowest BCUT2D eigenvalue weighted by molar-refractivity contribution is -0.117. The molecule has 1 aliphatic carbocycles. The minimum atomic E-state index is -0.651. The van der Waals surface area contributed by atoms with Crippen molar-refractivity contribution in [3.63, 3.8) is 0 Å². The molecule has 0 heterocycles. The highest BCUT2D eigenvalue weighted by Gasteiger charge is 2.31. The number of carbonyl (C=O) groups excluding carboxylic acids is 3. The predicted molar refractivity (Wildman–Crippen MR) is 162 cm³/mol. The average molecular weight is 581 g/mol. The zero-order valence-corrected chi connectivity index (χ0v) is 24.7. The number of likely N-dealkylation sites (N-methyl/N-ethyl adjacent to an activating group) is 1. The van der Waals surface area contributed by atoms with Crippen molar-refractivity contribution in [3.8, 4) is 0 Å². The Morgan fingerprint density at radius 2 is 1.88 bits per heavy atom. The number of Topliss-reactive ketones (excluding diaryl/α,β-unsaturated/α-hetero) is 1. The number of amides is 2. The Kier molecular flexibility index (Phi) is 12.7. The fourth-order valence-corrected chi connectivity index (χ4v) is 4.40. The first-order valence-corrected chi connectivity index (χ1v) is 14.1. The maximum Gasteiger partial charge on any atom is 0.411 e. The second-order valence-corrected chi connectivity index (χ2v) is 9.51. The van der Waals surface area contributed by atoms with Crippen LogP contribution < -0.4 is 15.5 Å². The van der Waals surface area contributed by atoms with Crippen molar-refractivity contribution in [3.05, 3.63) is 64.7 Å². The molecule has 2 aromatic carbocycles. The molecule has 2 aromatic rings. The van der Waals surface area contributed by atoms with Crippen molar-refractivity contribution < 1.29 is 33.7 Å². The smallest absolute Gasteiger partial charge is 0.411 e. The molecule has 0 aromatic heterocycles. The number of aliphatic hydroxyl groups is 1. The maximum atomic E-state index is 13.5. The number of methoxy groups -OCH3 is 1. The Morgan fingerprint density at radius 3 is 2.57 bits per heavy atom. The van der Waals surface area contributed by atoms with Crippen molar-refractivity contribution in [2.24, 2.45) is 4.99 Å². The van der Waals surface area contributed by atoms with Gasteiger partial charge in [-0.1, -0.05) is 19.1 Å². The van der Waals surface area contributed by atoms with Crippen LogP contribution in [0.5, 0.6) is 0 Å². The molecule has 0 spiro atoms. The molecular formula is C31H40N4O7. The molecule has 0 unspecified atom stereocenters. The number of ether oxygens (including phenoxy) is 3. The lowest BCUT2D eigenvalue weighted by atomic mass is 9.87. The van der Waals surface area contributed by atoms with Crippen LogP contribution >= 0.6 is 0 Å². The Hall–Kier alpha value is -4.06. The minimum absolute atomic E-state index is 0.0349. The number of rotatable bonds is 15. The molecule has 42 heavy (non-hydrogen) atoms. The van der Waals surface area contributed by atoms with Crippen molar-refractivity contribution in [2.45, 2.75) is 27.2 Å². The van der Waals surface area contributed by atoms with Gasteiger partial charge in [-0.25, -0.2) is 9.79 Å². The molecule has 11 heteroatoms. The summed E-state index contributed by atoms with van der Waals surface area (Å²) < 4.78 is 15.5. The standard InChI is InChI=1S/C31H40N4O7/c1-5-15-42-31(39)34-26-9-7-8-23-28(26)27(20-24(29(23)37)30(38)32-12-16-41-18-17-40-4)33-25-11-10-22(19-21(25)3)35(6-2)13-14-36/h7-11,19-20,36H,5-6,12-18H2,1-4H3,(H,32,38)(H,34,39). The van der Waals surface area contributed by atoms with E-state index in [2.05, 4.69) is 10.6 Å². The molecule has 0 fully saturated rings. The summed E-state index contributed by atoms with van der Waals surface area (Å²) in [4.78, 5) is 46.0. The highest BCUT2D eigenvalue weighted by Crippen LogP contribution is 2.32. The maximum absolute atomic E-state index is 13.5. The van der Waals surface area contributed by atoms with Gasteiger partial charge >= 0.3 is 6.09 Å². The molecule has 2 amide bonds. The summed E-state index contributed by atoms with van der Waals surface area (Å²) in [6.07, 6.45) is 1.46. The fraction of sp³-hybridized carbons (Fsp3) is 0.419. The van der Waals surface area contributed by atoms with Gasteiger partial charge in [-0.2, -0.15) is 0 Å². The van der Waals surface area contributed by atoms with E-state index in [0.717, 1.165) is 17.8 Å². The Balaban J connectivity index is 2.02. The van der Waals surface area contributed by atoms with E-state index in [1.54, 1.807) is 25.3 Å². The quantitative estimate of drug-likeness (QED) is 0.214. The molecule has 3 N–H and O–H groups in total. The number of allylic oxidation sites excluding steroid dienone is 1. The SMILES string of the molecule is CCCOC(=O)Nc1cccc2c1C(=Nc1ccc(N(CC)CCO)cc1C)C=C(C(=O)NCCOCCOC)C2=O. The number of ketones is 1. The molecule has 11 nitrogen and oxygen atoms in total. The zero-order chi connectivity index (χ0) is 30.5. The van der Waals surface area contributed by atoms with E-state index in [1.807, 2.05) is 43.9 Å². The van der Waals surface area contributed by atoms with Gasteiger partial charge in [0, 0.05) is 43.6 Å². The van der Waals surface area contributed by atoms with E-state index in [9.17, 15) is 19.5 Å². The first kappa shape index (κ1) is 32.5. The lowest BCUT2D eigenvalue weighted by Gasteiger charge is -2.23. The van der Waals surface area contributed by atoms with E-state index in [1.165, 1.54) is 6.08 Å². The average Bonchev–Trinajstić information content (AvgIpc) is 2.98. The normalized spacial score (nSPS) is 13.4. The van der Waals surface area contributed by atoms with Gasteiger partial charge in [0.2, 0.25) is 0 Å². The van der Waals surface area contributed by atoms with Crippen LogP contribution in [0.1, 0.15) is 41.8 Å². The monoisotopic (exact) mass is 580 g/mol. The minimum Gasteiger partial charge on any atom is -0.449 e. The van der Waals surface area contributed by atoms with Gasteiger partial charge in [0.25, 0.3) is 5.91 Å². The Labute approximate surface area is 246 Å². The Bertz CT molecular complexity index is 1320. The fourth-order valence-electron chi connectivity index (χ4n) is 4.40. The molecule has 0 bridgehead atoms. The summed E-state index contributed by atoms with van der Waals surface area (Å²) in [6.45, 7) is 8.63. The van der Waals surface area contributed by atoms with Crippen molar-refractivity contribution in [1.82, 2.24) is 5.32 Å². The van der Waals surface area contributed by atoms with Crippen LogP contribution in [-0.2, 0) is 19.0 Å². The summed E-state index contributed by atoms with van der Waals surface area (Å²) in [5.41, 5.74) is 3.67. The van der Waals surface area contributed by atoms with Crippen LogP contribution in [0.2, 0.25) is 0 Å². The van der Waals surface area contributed by atoms with Gasteiger partial charge in [-0.3, -0.25) is 14.9 Å². The molecule has 3 rings (SSSR count). The van der Waals surface area contributed by atoms with E-state index in [4.69, 9.17) is 19.2 Å². The van der Waals surface area contributed by atoms with Gasteiger partial charge in [0.05, 0.1) is 55.7 Å². The second kappa shape index (κ2) is 16.4. The number of nitrogens with zero attached hydrogens (tertiary/aromatic N) is 2. The lowest BCUT2D eigenvalue weighted by Crippen LogP contribution is -2.34. The van der Waals surface area contributed by atoms with Crippen molar-refractivity contribution >= 4 is 40.6 Å². The summed E-state index contributed by atoms with van der Waals surface area (Å²) in [6, 6.07) is 10.6. The van der Waals surface area contributed by atoms with E-state index >= 15 is 0 Å². The number of hydrogen-bond acceptors (Lipinski definition) is 9. The van der Waals surface area contributed by atoms with Gasteiger partial charge in [0.15, 0.2) is 5.78 Å². The zero-order valence-electron chi connectivity index (χ0n) is 24.7. The van der Waals surface area contributed by atoms with Crippen LogP contribution in [0.15, 0.2) is 53.0 Å². The molecule has 0 radical (unpaired) electrons. The van der Waals surface area contributed by atoms with Crippen LogP contribution in [0.4, 0.5) is 21.9 Å². The summed E-state index contributed by atoms with van der Waals surface area (Å²) in [7, 11) is 1.57. The van der Waals surface area contributed by atoms with Gasteiger partial charge < -0.3 is 29.5 Å². The number of nitrogens with one attached hydrogen (secondary N) is 2. The van der Waals surface area contributed by atoms with E-state index < -0.39 is 17.8 Å². The van der Waals surface area contributed by atoms with Gasteiger partial charge in [-0.05, 0) is 56.2 Å². The third-order valence-corrected chi connectivity index (χ3v) is 6.51. The van der Waals surface area contributed by atoms with Crippen LogP contribution in [-0.4, -0.2) is 88.4 Å². The number of aryl methyl sites for hydroxylation is 1. The molecule has 0 saturated heterocycles.